The Morgan fingerprint density at radius 1 is 0.906 bits per heavy atom. The van der Waals surface area contributed by atoms with Gasteiger partial charge in [0.15, 0.2) is 0 Å². The summed E-state index contributed by atoms with van der Waals surface area (Å²) in [6, 6.07) is 20.7. The molecule has 3 aromatic carbocycles. The maximum atomic E-state index is 13.3. The molecule has 6 heteroatoms. The highest BCUT2D eigenvalue weighted by Crippen LogP contribution is 2.32. The van der Waals surface area contributed by atoms with Gasteiger partial charge in [-0.3, -0.25) is 9.59 Å². The largest absolute Gasteiger partial charge is 0.506 e. The van der Waals surface area contributed by atoms with Gasteiger partial charge in [0, 0.05) is 36.7 Å². The molecule has 2 heterocycles. The molecular weight excluding hydrogens is 402 g/mol. The van der Waals surface area contributed by atoms with Crippen molar-refractivity contribution in [2.45, 2.75) is 31.3 Å². The molecule has 0 saturated carbocycles. The fourth-order valence-electron chi connectivity index (χ4n) is 4.91. The van der Waals surface area contributed by atoms with Gasteiger partial charge in [-0.2, -0.15) is 0 Å². The lowest BCUT2D eigenvalue weighted by Gasteiger charge is -2.28. The number of carbonyl (C=O) groups is 2. The predicted octanol–water partition coefficient (Wildman–Crippen LogP) is 3.86. The molecule has 0 spiro atoms. The van der Waals surface area contributed by atoms with Crippen LogP contribution in [-0.4, -0.2) is 58.4 Å². The van der Waals surface area contributed by atoms with Crippen molar-refractivity contribution in [1.82, 2.24) is 9.80 Å². The van der Waals surface area contributed by atoms with Gasteiger partial charge in [-0.1, -0.05) is 48.5 Å². The van der Waals surface area contributed by atoms with Crippen molar-refractivity contribution in [2.75, 3.05) is 25.0 Å². The summed E-state index contributed by atoms with van der Waals surface area (Å²) in [5.41, 5.74) is 1.31. The molecule has 2 atom stereocenters. The minimum Gasteiger partial charge on any atom is -0.506 e. The first-order chi connectivity index (χ1) is 15.6. The van der Waals surface area contributed by atoms with E-state index in [-0.39, 0.29) is 29.2 Å². The molecule has 0 bridgehead atoms. The van der Waals surface area contributed by atoms with Gasteiger partial charge < -0.3 is 20.2 Å². The number of fused-ring (bicyclic) bond motifs is 1. The summed E-state index contributed by atoms with van der Waals surface area (Å²) in [6.45, 7) is 1.84. The van der Waals surface area contributed by atoms with Crippen molar-refractivity contribution in [1.29, 1.82) is 0 Å². The zero-order chi connectivity index (χ0) is 22.1. The fourth-order valence-corrected chi connectivity index (χ4v) is 4.91. The Morgan fingerprint density at radius 3 is 2.53 bits per heavy atom. The number of anilines is 1. The molecule has 6 nitrogen and oxygen atoms in total. The average molecular weight is 430 g/mol. The van der Waals surface area contributed by atoms with Crippen molar-refractivity contribution in [3.63, 3.8) is 0 Å². The number of hydrogen-bond donors (Lipinski definition) is 2. The third kappa shape index (κ3) is 3.77. The summed E-state index contributed by atoms with van der Waals surface area (Å²) >= 11 is 0. The minimum atomic E-state index is -0.469. The van der Waals surface area contributed by atoms with Gasteiger partial charge >= 0.3 is 0 Å². The first-order valence-electron chi connectivity index (χ1n) is 11.2. The molecule has 0 radical (unpaired) electrons. The molecule has 2 unspecified atom stereocenters. The summed E-state index contributed by atoms with van der Waals surface area (Å²) in [6.07, 6.45) is 2.33. The smallest absolute Gasteiger partial charge is 0.258 e. The molecule has 0 aromatic heterocycles. The first kappa shape index (κ1) is 20.4. The standard InChI is InChI=1S/C26H27N3O3/c30-24-21-10-5-4-7-18(21)12-13-22(24)25(31)29-15-6-11-23(29)26(32)28-16-14-20(17-28)27-19-8-2-1-3-9-19/h1-5,7-10,12-13,20,23,27,30H,6,11,14-17H2. The fraction of sp³-hybridized carbons (Fsp3) is 0.308. The summed E-state index contributed by atoms with van der Waals surface area (Å²) in [5, 5.41) is 15.8. The Hall–Kier alpha value is -3.54. The molecular formula is C26H27N3O3. The second-order valence-electron chi connectivity index (χ2n) is 8.62. The van der Waals surface area contributed by atoms with Crippen molar-refractivity contribution in [2.24, 2.45) is 0 Å². The Kier molecular flexibility index (Phi) is 5.43. The van der Waals surface area contributed by atoms with E-state index in [2.05, 4.69) is 5.32 Å². The van der Waals surface area contributed by atoms with Gasteiger partial charge in [-0.05, 0) is 42.8 Å². The Labute approximate surface area is 187 Å². The van der Waals surface area contributed by atoms with E-state index in [4.69, 9.17) is 0 Å². The highest BCUT2D eigenvalue weighted by Gasteiger charge is 2.39. The van der Waals surface area contributed by atoms with Crippen molar-refractivity contribution < 1.29 is 14.7 Å². The lowest BCUT2D eigenvalue weighted by atomic mass is 10.0. The van der Waals surface area contributed by atoms with Crippen LogP contribution in [0.3, 0.4) is 0 Å². The highest BCUT2D eigenvalue weighted by atomic mass is 16.3. The number of aromatic hydroxyl groups is 1. The van der Waals surface area contributed by atoms with Crippen molar-refractivity contribution in [3.8, 4) is 5.75 Å². The van der Waals surface area contributed by atoms with E-state index < -0.39 is 6.04 Å². The Balaban J connectivity index is 1.30. The molecule has 2 saturated heterocycles. The van der Waals surface area contributed by atoms with E-state index in [1.165, 1.54) is 0 Å². The summed E-state index contributed by atoms with van der Waals surface area (Å²) in [4.78, 5) is 30.2. The van der Waals surface area contributed by atoms with Gasteiger partial charge in [-0.25, -0.2) is 0 Å². The van der Waals surface area contributed by atoms with Crippen LogP contribution in [0, 0.1) is 0 Å². The SMILES string of the molecule is O=C(C1CCCN1C(=O)c1ccc2ccccc2c1O)N1CCC(Nc2ccccc2)C1. The maximum absolute atomic E-state index is 13.3. The average Bonchev–Trinajstić information content (AvgIpc) is 3.49. The quantitative estimate of drug-likeness (QED) is 0.661. The van der Waals surface area contributed by atoms with E-state index in [0.717, 1.165) is 23.9 Å². The van der Waals surface area contributed by atoms with Crippen LogP contribution in [0.15, 0.2) is 66.7 Å². The molecule has 32 heavy (non-hydrogen) atoms. The lowest BCUT2D eigenvalue weighted by molar-refractivity contribution is -0.134. The van der Waals surface area contributed by atoms with E-state index in [9.17, 15) is 14.7 Å². The second-order valence-corrected chi connectivity index (χ2v) is 8.62. The topological polar surface area (TPSA) is 72.9 Å². The normalized spacial score (nSPS) is 20.6. The summed E-state index contributed by atoms with van der Waals surface area (Å²) in [5.74, 6) is -0.282. The van der Waals surface area contributed by atoms with E-state index in [1.54, 1.807) is 17.0 Å². The number of amides is 2. The van der Waals surface area contributed by atoms with Gasteiger partial charge in [-0.15, -0.1) is 0 Å². The van der Waals surface area contributed by atoms with Crippen LogP contribution in [0.5, 0.6) is 5.75 Å². The lowest BCUT2D eigenvalue weighted by Crippen LogP contribution is -2.47. The molecule has 5 rings (SSSR count). The zero-order valence-electron chi connectivity index (χ0n) is 17.9. The molecule has 3 aromatic rings. The zero-order valence-corrected chi connectivity index (χ0v) is 17.9. The molecule has 2 aliphatic rings. The third-order valence-corrected chi connectivity index (χ3v) is 6.57. The van der Waals surface area contributed by atoms with Crippen molar-refractivity contribution in [3.05, 3.63) is 72.3 Å². The summed E-state index contributed by atoms with van der Waals surface area (Å²) in [7, 11) is 0. The summed E-state index contributed by atoms with van der Waals surface area (Å²) < 4.78 is 0. The molecule has 2 amide bonds. The number of benzene rings is 3. The number of para-hydroxylation sites is 1. The van der Waals surface area contributed by atoms with Crippen LogP contribution in [0.2, 0.25) is 0 Å². The number of phenolic OH excluding ortho intramolecular Hbond substituents is 1. The number of nitrogens with zero attached hydrogens (tertiary/aromatic N) is 2. The van der Waals surface area contributed by atoms with Crippen LogP contribution in [0.1, 0.15) is 29.6 Å². The van der Waals surface area contributed by atoms with Gasteiger partial charge in [0.1, 0.15) is 11.8 Å². The van der Waals surface area contributed by atoms with Crippen LogP contribution in [0.4, 0.5) is 5.69 Å². The van der Waals surface area contributed by atoms with Gasteiger partial charge in [0.25, 0.3) is 5.91 Å². The van der Waals surface area contributed by atoms with Crippen LogP contribution in [-0.2, 0) is 4.79 Å². The number of hydrogen-bond acceptors (Lipinski definition) is 4. The van der Waals surface area contributed by atoms with Crippen molar-refractivity contribution >= 4 is 28.3 Å². The third-order valence-electron chi connectivity index (χ3n) is 6.57. The second kappa shape index (κ2) is 8.54. The Bertz CT molecular complexity index is 1150. The number of phenols is 1. The minimum absolute atomic E-state index is 0.00786. The first-order valence-corrected chi connectivity index (χ1v) is 11.2. The van der Waals surface area contributed by atoms with Gasteiger partial charge in [0.2, 0.25) is 5.91 Å². The molecule has 164 valence electrons. The van der Waals surface area contributed by atoms with E-state index >= 15 is 0 Å². The maximum Gasteiger partial charge on any atom is 0.258 e. The van der Waals surface area contributed by atoms with Crippen LogP contribution in [0.25, 0.3) is 10.8 Å². The molecule has 2 aliphatic heterocycles. The molecule has 0 aliphatic carbocycles. The molecule has 2 fully saturated rings. The van der Waals surface area contributed by atoms with E-state index in [1.807, 2.05) is 59.5 Å². The van der Waals surface area contributed by atoms with E-state index in [0.29, 0.717) is 31.4 Å². The number of rotatable bonds is 4. The predicted molar refractivity (Wildman–Crippen MR) is 125 cm³/mol. The number of carbonyl (C=O) groups excluding carboxylic acids is 2. The number of nitrogens with one attached hydrogen (secondary N) is 1. The monoisotopic (exact) mass is 429 g/mol. The van der Waals surface area contributed by atoms with Crippen LogP contribution >= 0.6 is 0 Å². The number of likely N-dealkylation sites (tertiary alicyclic amines) is 2. The molecule has 2 N–H and O–H groups in total. The van der Waals surface area contributed by atoms with Crippen LogP contribution < -0.4 is 5.32 Å². The Morgan fingerprint density at radius 2 is 1.69 bits per heavy atom. The van der Waals surface area contributed by atoms with Gasteiger partial charge in [0.05, 0.1) is 5.56 Å². The highest BCUT2D eigenvalue weighted by molar-refractivity contribution is 6.05.